The SMILES string of the molecule is CCCCn1c(-c2ccc3nc(-c4c(F)cccc4Cl)[nH]c3c2)nc2ccc(C)cc21. The van der Waals surface area contributed by atoms with Crippen LogP contribution in [0.3, 0.4) is 0 Å². The van der Waals surface area contributed by atoms with Crippen LogP contribution < -0.4 is 0 Å². The molecule has 0 fully saturated rings. The average Bonchev–Trinajstić information content (AvgIpc) is 3.32. The number of imidazole rings is 2. The third kappa shape index (κ3) is 3.49. The van der Waals surface area contributed by atoms with Crippen molar-refractivity contribution >= 4 is 33.7 Å². The molecule has 0 aliphatic heterocycles. The zero-order valence-corrected chi connectivity index (χ0v) is 18.2. The molecule has 3 aromatic carbocycles. The molecular formula is C25H22ClFN4. The molecule has 5 aromatic rings. The number of aromatic nitrogens is 4. The number of hydrogen-bond acceptors (Lipinski definition) is 2. The van der Waals surface area contributed by atoms with Crippen LogP contribution in [0.2, 0.25) is 5.02 Å². The van der Waals surface area contributed by atoms with E-state index in [9.17, 15) is 4.39 Å². The predicted molar refractivity (Wildman–Crippen MR) is 125 cm³/mol. The molecule has 0 spiro atoms. The van der Waals surface area contributed by atoms with Crippen molar-refractivity contribution in [3.8, 4) is 22.8 Å². The Bertz CT molecular complexity index is 1400. The van der Waals surface area contributed by atoms with Gasteiger partial charge in [0.2, 0.25) is 0 Å². The van der Waals surface area contributed by atoms with E-state index in [2.05, 4.69) is 46.6 Å². The molecule has 0 unspecified atom stereocenters. The Hall–Kier alpha value is -3.18. The van der Waals surface area contributed by atoms with Gasteiger partial charge in [-0.3, -0.25) is 0 Å². The van der Waals surface area contributed by atoms with E-state index in [0.717, 1.165) is 52.8 Å². The minimum Gasteiger partial charge on any atom is -0.338 e. The first kappa shape index (κ1) is 19.8. The zero-order chi connectivity index (χ0) is 21.5. The van der Waals surface area contributed by atoms with Gasteiger partial charge in [-0.1, -0.05) is 37.1 Å². The molecule has 6 heteroatoms. The number of hydrogen-bond donors (Lipinski definition) is 1. The Labute approximate surface area is 184 Å². The first-order valence-electron chi connectivity index (χ1n) is 10.5. The van der Waals surface area contributed by atoms with Gasteiger partial charge in [-0.25, -0.2) is 14.4 Å². The van der Waals surface area contributed by atoms with Gasteiger partial charge in [0.25, 0.3) is 0 Å². The Kier molecular flexibility index (Phi) is 4.98. The van der Waals surface area contributed by atoms with Crippen molar-refractivity contribution in [2.24, 2.45) is 0 Å². The van der Waals surface area contributed by atoms with Crippen molar-refractivity contribution in [1.82, 2.24) is 19.5 Å². The van der Waals surface area contributed by atoms with E-state index in [0.29, 0.717) is 10.8 Å². The number of nitrogens with one attached hydrogen (secondary N) is 1. The zero-order valence-electron chi connectivity index (χ0n) is 17.4. The van der Waals surface area contributed by atoms with E-state index >= 15 is 0 Å². The number of benzene rings is 3. The van der Waals surface area contributed by atoms with Gasteiger partial charge in [0, 0.05) is 12.1 Å². The summed E-state index contributed by atoms with van der Waals surface area (Å²) < 4.78 is 16.7. The van der Waals surface area contributed by atoms with Gasteiger partial charge in [0.05, 0.1) is 32.7 Å². The van der Waals surface area contributed by atoms with E-state index in [4.69, 9.17) is 16.6 Å². The molecule has 0 aliphatic rings. The number of aryl methyl sites for hydroxylation is 2. The lowest BCUT2D eigenvalue weighted by Crippen LogP contribution is -2.00. The third-order valence-corrected chi connectivity index (χ3v) is 5.89. The number of unbranched alkanes of at least 4 members (excludes halogenated alkanes) is 1. The van der Waals surface area contributed by atoms with Gasteiger partial charge in [-0.05, 0) is 61.4 Å². The second-order valence-electron chi connectivity index (χ2n) is 7.85. The van der Waals surface area contributed by atoms with E-state index in [1.54, 1.807) is 12.1 Å². The predicted octanol–water partition coefficient (Wildman–Crippen LogP) is 7.15. The van der Waals surface area contributed by atoms with Gasteiger partial charge in [-0.2, -0.15) is 0 Å². The molecule has 0 atom stereocenters. The maximum absolute atomic E-state index is 14.4. The first-order chi connectivity index (χ1) is 15.0. The van der Waals surface area contributed by atoms with Gasteiger partial charge >= 0.3 is 0 Å². The summed E-state index contributed by atoms with van der Waals surface area (Å²) >= 11 is 6.23. The van der Waals surface area contributed by atoms with Crippen molar-refractivity contribution in [2.75, 3.05) is 0 Å². The van der Waals surface area contributed by atoms with Gasteiger partial charge < -0.3 is 9.55 Å². The highest BCUT2D eigenvalue weighted by Gasteiger charge is 2.16. The van der Waals surface area contributed by atoms with Crippen LogP contribution in [0.1, 0.15) is 25.3 Å². The molecule has 0 bridgehead atoms. The minimum absolute atomic E-state index is 0.285. The molecule has 2 aromatic heterocycles. The quantitative estimate of drug-likeness (QED) is 0.320. The van der Waals surface area contributed by atoms with E-state index in [-0.39, 0.29) is 5.56 Å². The van der Waals surface area contributed by atoms with E-state index < -0.39 is 5.82 Å². The largest absolute Gasteiger partial charge is 0.338 e. The number of nitrogens with zero attached hydrogens (tertiary/aromatic N) is 3. The molecule has 5 rings (SSSR count). The van der Waals surface area contributed by atoms with Crippen molar-refractivity contribution in [1.29, 1.82) is 0 Å². The lowest BCUT2D eigenvalue weighted by Gasteiger charge is -2.09. The van der Waals surface area contributed by atoms with Crippen LogP contribution in [-0.4, -0.2) is 19.5 Å². The van der Waals surface area contributed by atoms with Crippen LogP contribution >= 0.6 is 11.6 Å². The summed E-state index contributed by atoms with van der Waals surface area (Å²) in [6, 6.07) is 17.0. The normalized spacial score (nSPS) is 11.6. The topological polar surface area (TPSA) is 46.5 Å². The summed E-state index contributed by atoms with van der Waals surface area (Å²) in [6.45, 7) is 5.20. The number of halogens is 2. The number of rotatable bonds is 5. The van der Waals surface area contributed by atoms with Crippen molar-refractivity contribution in [3.63, 3.8) is 0 Å². The van der Waals surface area contributed by atoms with Crippen molar-refractivity contribution in [3.05, 3.63) is 71.0 Å². The Morgan fingerprint density at radius 2 is 1.87 bits per heavy atom. The summed E-state index contributed by atoms with van der Waals surface area (Å²) in [4.78, 5) is 12.7. The Balaban J connectivity index is 1.65. The lowest BCUT2D eigenvalue weighted by atomic mass is 10.2. The molecule has 156 valence electrons. The molecule has 0 amide bonds. The van der Waals surface area contributed by atoms with Gasteiger partial charge in [0.15, 0.2) is 0 Å². The fourth-order valence-electron chi connectivity index (χ4n) is 3.99. The first-order valence-corrected chi connectivity index (χ1v) is 10.8. The summed E-state index contributed by atoms with van der Waals surface area (Å²) in [6.07, 6.45) is 2.19. The fraction of sp³-hybridized carbons (Fsp3) is 0.200. The molecule has 0 aliphatic carbocycles. The van der Waals surface area contributed by atoms with Crippen LogP contribution in [0.5, 0.6) is 0 Å². The molecule has 4 nitrogen and oxygen atoms in total. The maximum atomic E-state index is 14.4. The van der Waals surface area contributed by atoms with Crippen LogP contribution in [-0.2, 0) is 6.54 Å². The standard InChI is InChI=1S/C25H22ClFN4/c1-3-4-12-31-22-13-15(2)8-10-20(22)30-25(31)16-9-11-19-21(14-16)29-24(28-19)23-17(26)6-5-7-18(23)27/h5-11,13-14H,3-4,12H2,1-2H3,(H,28,29). The number of aromatic amines is 1. The van der Waals surface area contributed by atoms with Gasteiger partial charge in [-0.15, -0.1) is 0 Å². The molecule has 0 radical (unpaired) electrons. The Morgan fingerprint density at radius 1 is 1.03 bits per heavy atom. The lowest BCUT2D eigenvalue weighted by molar-refractivity contribution is 0.630. The minimum atomic E-state index is -0.400. The van der Waals surface area contributed by atoms with Crippen LogP contribution in [0, 0.1) is 12.7 Å². The second kappa shape index (κ2) is 7.82. The highest BCUT2D eigenvalue weighted by Crippen LogP contribution is 2.32. The van der Waals surface area contributed by atoms with E-state index in [1.165, 1.54) is 11.6 Å². The number of fused-ring (bicyclic) bond motifs is 2. The number of H-pyrrole nitrogens is 1. The average molecular weight is 433 g/mol. The maximum Gasteiger partial charge on any atom is 0.142 e. The molecule has 1 N–H and O–H groups in total. The van der Waals surface area contributed by atoms with Crippen molar-refractivity contribution in [2.45, 2.75) is 33.2 Å². The highest BCUT2D eigenvalue weighted by molar-refractivity contribution is 6.33. The second-order valence-corrected chi connectivity index (χ2v) is 8.25. The summed E-state index contributed by atoms with van der Waals surface area (Å²) in [5, 5.41) is 0.330. The van der Waals surface area contributed by atoms with Crippen LogP contribution in [0.4, 0.5) is 4.39 Å². The summed E-state index contributed by atoms with van der Waals surface area (Å²) in [5.41, 5.74) is 6.20. The molecule has 0 saturated carbocycles. The fourth-order valence-corrected chi connectivity index (χ4v) is 4.24. The van der Waals surface area contributed by atoms with Crippen LogP contribution in [0.25, 0.3) is 44.8 Å². The molecular weight excluding hydrogens is 411 g/mol. The molecule has 0 saturated heterocycles. The molecule has 31 heavy (non-hydrogen) atoms. The Morgan fingerprint density at radius 3 is 2.68 bits per heavy atom. The third-order valence-electron chi connectivity index (χ3n) is 5.58. The van der Waals surface area contributed by atoms with Crippen LogP contribution in [0.15, 0.2) is 54.6 Å². The molecule has 2 heterocycles. The van der Waals surface area contributed by atoms with Crippen molar-refractivity contribution < 1.29 is 4.39 Å². The highest BCUT2D eigenvalue weighted by atomic mass is 35.5. The smallest absolute Gasteiger partial charge is 0.142 e. The monoisotopic (exact) mass is 432 g/mol. The van der Waals surface area contributed by atoms with Gasteiger partial charge in [0.1, 0.15) is 17.5 Å². The van der Waals surface area contributed by atoms with E-state index in [1.807, 2.05) is 18.2 Å². The summed E-state index contributed by atoms with van der Waals surface area (Å²) in [5.74, 6) is 0.949. The summed E-state index contributed by atoms with van der Waals surface area (Å²) in [7, 11) is 0.